The van der Waals surface area contributed by atoms with Gasteiger partial charge in [-0.15, -0.1) is 11.8 Å². The van der Waals surface area contributed by atoms with Gasteiger partial charge in [0.25, 0.3) is 0 Å². The molecule has 24 heavy (non-hydrogen) atoms. The predicted octanol–water partition coefficient (Wildman–Crippen LogP) is 4.81. The number of carbonyl (C=O) groups excluding carboxylic acids is 1. The van der Waals surface area contributed by atoms with E-state index in [0.29, 0.717) is 17.0 Å². The van der Waals surface area contributed by atoms with E-state index in [1.165, 1.54) is 13.0 Å². The van der Waals surface area contributed by atoms with Crippen molar-refractivity contribution >= 4 is 50.3 Å². The van der Waals surface area contributed by atoms with Crippen LogP contribution in [0.4, 0.5) is 5.69 Å². The first kappa shape index (κ1) is 16.8. The van der Waals surface area contributed by atoms with E-state index in [2.05, 4.69) is 21.2 Å². The van der Waals surface area contributed by atoms with Crippen molar-refractivity contribution in [3.05, 3.63) is 69.0 Å². The molecule has 0 fully saturated rings. The molecule has 0 saturated heterocycles. The van der Waals surface area contributed by atoms with Crippen molar-refractivity contribution in [3.8, 4) is 0 Å². The van der Waals surface area contributed by atoms with E-state index in [1.807, 2.05) is 30.3 Å². The summed E-state index contributed by atoms with van der Waals surface area (Å²) < 4.78 is 6.30. The number of hydrogen-bond acceptors (Lipinski definition) is 4. The molecule has 0 aliphatic rings. The minimum Gasteiger partial charge on any atom is -0.423 e. The molecule has 1 N–H and O–H groups in total. The molecule has 0 radical (unpaired) electrons. The van der Waals surface area contributed by atoms with Crippen LogP contribution in [0.25, 0.3) is 11.0 Å². The maximum Gasteiger partial charge on any atom is 0.336 e. The van der Waals surface area contributed by atoms with Gasteiger partial charge >= 0.3 is 5.63 Å². The molecular formula is C18H14BrNO3S. The van der Waals surface area contributed by atoms with Gasteiger partial charge in [0.15, 0.2) is 0 Å². The fraction of sp³-hybridized carbons (Fsp3) is 0.111. The van der Waals surface area contributed by atoms with Crippen LogP contribution < -0.4 is 10.9 Å². The molecule has 0 atom stereocenters. The van der Waals surface area contributed by atoms with Crippen LogP contribution in [-0.4, -0.2) is 5.91 Å². The number of benzene rings is 2. The van der Waals surface area contributed by atoms with Crippen molar-refractivity contribution in [2.45, 2.75) is 17.6 Å². The monoisotopic (exact) mass is 403 g/mol. The molecule has 0 aliphatic carbocycles. The normalized spacial score (nSPS) is 10.8. The highest BCUT2D eigenvalue weighted by Crippen LogP contribution is 2.31. The number of fused-ring (bicyclic) bond motifs is 1. The summed E-state index contributed by atoms with van der Waals surface area (Å²) >= 11 is 5.17. The summed E-state index contributed by atoms with van der Waals surface area (Å²) in [7, 11) is 0. The quantitative estimate of drug-likeness (QED) is 0.501. The molecule has 1 aromatic heterocycles. The summed E-state index contributed by atoms with van der Waals surface area (Å²) in [6, 6.07) is 14.8. The summed E-state index contributed by atoms with van der Waals surface area (Å²) in [4.78, 5) is 24.1. The lowest BCUT2D eigenvalue weighted by Gasteiger charge is -2.08. The van der Waals surface area contributed by atoms with Crippen LogP contribution in [0.1, 0.15) is 12.5 Å². The third-order valence-electron chi connectivity index (χ3n) is 3.37. The lowest BCUT2D eigenvalue weighted by Crippen LogP contribution is -2.06. The topological polar surface area (TPSA) is 59.3 Å². The van der Waals surface area contributed by atoms with Gasteiger partial charge in [0.1, 0.15) is 5.58 Å². The molecule has 0 aliphatic heterocycles. The molecule has 3 aromatic rings. The van der Waals surface area contributed by atoms with Crippen LogP contribution >= 0.6 is 27.7 Å². The first-order chi connectivity index (χ1) is 11.5. The van der Waals surface area contributed by atoms with E-state index in [4.69, 9.17) is 4.42 Å². The molecule has 3 rings (SSSR count). The van der Waals surface area contributed by atoms with Gasteiger partial charge in [-0.05, 0) is 45.8 Å². The summed E-state index contributed by atoms with van der Waals surface area (Å²) in [6.45, 7) is 1.44. The van der Waals surface area contributed by atoms with Crippen molar-refractivity contribution < 1.29 is 9.21 Å². The van der Waals surface area contributed by atoms with Gasteiger partial charge in [-0.1, -0.05) is 12.1 Å². The Balaban J connectivity index is 1.94. The fourth-order valence-corrected chi connectivity index (χ4v) is 3.91. The molecule has 1 heterocycles. The van der Waals surface area contributed by atoms with Crippen LogP contribution in [0.2, 0.25) is 0 Å². The Hall–Kier alpha value is -2.05. The summed E-state index contributed by atoms with van der Waals surface area (Å²) in [5, 5.41) is 3.55. The molecular weight excluding hydrogens is 390 g/mol. The second-order valence-electron chi connectivity index (χ2n) is 5.20. The van der Waals surface area contributed by atoms with E-state index in [-0.39, 0.29) is 5.91 Å². The average Bonchev–Trinajstić information content (AvgIpc) is 2.52. The number of rotatable bonds is 4. The Morgan fingerprint density at radius 2 is 2.00 bits per heavy atom. The molecule has 2 aromatic carbocycles. The van der Waals surface area contributed by atoms with Gasteiger partial charge in [0.05, 0.1) is 0 Å². The summed E-state index contributed by atoms with van der Waals surface area (Å²) in [6.07, 6.45) is 0. The van der Waals surface area contributed by atoms with E-state index in [9.17, 15) is 9.59 Å². The van der Waals surface area contributed by atoms with Gasteiger partial charge in [0, 0.05) is 45.3 Å². The molecule has 0 bridgehead atoms. The van der Waals surface area contributed by atoms with Crippen LogP contribution in [0, 0.1) is 0 Å². The fourth-order valence-electron chi connectivity index (χ4n) is 2.35. The van der Waals surface area contributed by atoms with E-state index in [1.54, 1.807) is 23.9 Å². The Morgan fingerprint density at radius 1 is 1.21 bits per heavy atom. The molecule has 0 unspecified atom stereocenters. The molecule has 6 heteroatoms. The van der Waals surface area contributed by atoms with Crippen molar-refractivity contribution in [1.29, 1.82) is 0 Å². The van der Waals surface area contributed by atoms with Gasteiger partial charge in [-0.2, -0.15) is 0 Å². The second-order valence-corrected chi connectivity index (χ2v) is 7.07. The lowest BCUT2D eigenvalue weighted by molar-refractivity contribution is -0.114. The average molecular weight is 404 g/mol. The van der Waals surface area contributed by atoms with Gasteiger partial charge < -0.3 is 9.73 Å². The summed E-state index contributed by atoms with van der Waals surface area (Å²) in [5.74, 6) is 0.474. The smallest absolute Gasteiger partial charge is 0.336 e. The number of thioether (sulfide) groups is 1. The SMILES string of the molecule is CC(=O)Nc1ccc2c(CSc3ccccc3Br)cc(=O)oc2c1. The number of hydrogen-bond donors (Lipinski definition) is 1. The highest BCUT2D eigenvalue weighted by Gasteiger charge is 2.09. The largest absolute Gasteiger partial charge is 0.423 e. The maximum atomic E-state index is 11.8. The number of nitrogens with one attached hydrogen (secondary N) is 1. The Morgan fingerprint density at radius 3 is 2.75 bits per heavy atom. The minimum absolute atomic E-state index is 0.169. The first-order valence-corrected chi connectivity index (χ1v) is 9.02. The van der Waals surface area contributed by atoms with Crippen molar-refractivity contribution in [2.75, 3.05) is 5.32 Å². The third-order valence-corrected chi connectivity index (χ3v) is 5.45. The molecule has 1 amide bonds. The zero-order valence-electron chi connectivity index (χ0n) is 12.8. The van der Waals surface area contributed by atoms with Gasteiger partial charge in [0.2, 0.25) is 5.91 Å². The maximum absolute atomic E-state index is 11.8. The zero-order chi connectivity index (χ0) is 17.1. The second kappa shape index (κ2) is 7.23. The highest BCUT2D eigenvalue weighted by atomic mass is 79.9. The van der Waals surface area contributed by atoms with Crippen molar-refractivity contribution in [1.82, 2.24) is 0 Å². The predicted molar refractivity (Wildman–Crippen MR) is 100 cm³/mol. The molecule has 122 valence electrons. The van der Waals surface area contributed by atoms with E-state index < -0.39 is 5.63 Å². The third kappa shape index (κ3) is 3.88. The number of carbonyl (C=O) groups is 1. The number of halogens is 1. The van der Waals surface area contributed by atoms with Crippen LogP contribution in [0.5, 0.6) is 0 Å². The molecule has 0 spiro atoms. The van der Waals surface area contributed by atoms with E-state index in [0.717, 1.165) is 20.3 Å². The number of amides is 1. The first-order valence-electron chi connectivity index (χ1n) is 7.24. The van der Waals surface area contributed by atoms with Crippen LogP contribution in [-0.2, 0) is 10.5 Å². The van der Waals surface area contributed by atoms with Gasteiger partial charge in [-0.25, -0.2) is 4.79 Å². The molecule has 0 saturated carbocycles. The Labute approximate surface area is 151 Å². The zero-order valence-corrected chi connectivity index (χ0v) is 15.2. The number of anilines is 1. The minimum atomic E-state index is -0.398. The summed E-state index contributed by atoms with van der Waals surface area (Å²) in [5.41, 5.74) is 1.58. The van der Waals surface area contributed by atoms with Crippen LogP contribution in [0.15, 0.2) is 67.1 Å². The van der Waals surface area contributed by atoms with Gasteiger partial charge in [-0.3, -0.25) is 4.79 Å². The van der Waals surface area contributed by atoms with Crippen molar-refractivity contribution in [3.63, 3.8) is 0 Å². The van der Waals surface area contributed by atoms with Crippen molar-refractivity contribution in [2.24, 2.45) is 0 Å². The van der Waals surface area contributed by atoms with Crippen LogP contribution in [0.3, 0.4) is 0 Å². The lowest BCUT2D eigenvalue weighted by atomic mass is 10.1. The standard InChI is InChI=1S/C18H14BrNO3S/c1-11(21)20-13-6-7-14-12(8-18(22)23-16(14)9-13)10-24-17-5-3-2-4-15(17)19/h2-9H,10H2,1H3,(H,20,21). The Bertz CT molecular complexity index is 968. The van der Waals surface area contributed by atoms with E-state index >= 15 is 0 Å². The molecule has 4 nitrogen and oxygen atoms in total. The Kier molecular flexibility index (Phi) is 5.06. The highest BCUT2D eigenvalue weighted by molar-refractivity contribution is 9.10.